The van der Waals surface area contributed by atoms with E-state index in [2.05, 4.69) is 0 Å². The van der Waals surface area contributed by atoms with Crippen LogP contribution in [0.5, 0.6) is 5.75 Å². The molecule has 1 amide bonds. The molecule has 0 unspecified atom stereocenters. The summed E-state index contributed by atoms with van der Waals surface area (Å²) in [5, 5.41) is 0. The first-order valence-corrected chi connectivity index (χ1v) is 8.12. The first kappa shape index (κ1) is 19.0. The van der Waals surface area contributed by atoms with Crippen LogP contribution in [0.25, 0.3) is 0 Å². The van der Waals surface area contributed by atoms with Crippen LogP contribution < -0.4 is 9.46 Å². The Balaban J connectivity index is 2.81. The summed E-state index contributed by atoms with van der Waals surface area (Å²) >= 11 is 0. The van der Waals surface area contributed by atoms with Crippen molar-refractivity contribution in [2.75, 3.05) is 21.2 Å². The Morgan fingerprint density at radius 2 is 1.91 bits per heavy atom. The number of ether oxygens (including phenoxy) is 1. The molecule has 1 aromatic rings. The van der Waals surface area contributed by atoms with Crippen molar-refractivity contribution in [1.29, 1.82) is 0 Å². The zero-order valence-electron chi connectivity index (χ0n) is 13.3. The van der Waals surface area contributed by atoms with Crippen molar-refractivity contribution >= 4 is 21.9 Å². The molecule has 1 N–H and O–H groups in total. The van der Waals surface area contributed by atoms with E-state index in [0.29, 0.717) is 0 Å². The van der Waals surface area contributed by atoms with E-state index < -0.39 is 33.6 Å². The van der Waals surface area contributed by atoms with Crippen LogP contribution in [0.2, 0.25) is 0 Å². The summed E-state index contributed by atoms with van der Waals surface area (Å²) in [5.41, 5.74) is 0.0527. The van der Waals surface area contributed by atoms with Gasteiger partial charge in [0.1, 0.15) is 11.6 Å². The molecule has 0 aromatic heterocycles. The van der Waals surface area contributed by atoms with E-state index in [1.807, 2.05) is 4.72 Å². The second-order valence-electron chi connectivity index (χ2n) is 5.16. The number of amides is 1. The normalized spacial score (nSPS) is 12.8. The zero-order valence-corrected chi connectivity index (χ0v) is 14.1. The quantitative estimate of drug-likeness (QED) is 0.743. The molecule has 0 aliphatic heterocycles. The Hall–Kier alpha value is -2.00. The number of methoxy groups -OCH3 is 1. The van der Waals surface area contributed by atoms with Gasteiger partial charge < -0.3 is 4.74 Å². The number of halogens is 1. The van der Waals surface area contributed by atoms with Crippen LogP contribution in [0.4, 0.5) is 4.39 Å². The summed E-state index contributed by atoms with van der Waals surface area (Å²) in [6.45, 7) is 1.41. The fourth-order valence-electron chi connectivity index (χ4n) is 1.65. The van der Waals surface area contributed by atoms with Gasteiger partial charge in [0.2, 0.25) is 5.91 Å². The lowest BCUT2D eigenvalue weighted by atomic mass is 9.99. The molecular weight excluding hydrogens is 327 g/mol. The third-order valence-corrected chi connectivity index (χ3v) is 4.50. The summed E-state index contributed by atoms with van der Waals surface area (Å²) in [6.07, 6.45) is -0.263. The average Bonchev–Trinajstić information content (AvgIpc) is 2.45. The maximum atomic E-state index is 13.4. The number of nitrogens with zero attached hydrogens (tertiary/aromatic N) is 1. The van der Waals surface area contributed by atoms with E-state index >= 15 is 0 Å². The van der Waals surface area contributed by atoms with Crippen molar-refractivity contribution in [3.63, 3.8) is 0 Å². The number of hydrogen-bond acceptors (Lipinski definition) is 5. The zero-order chi connectivity index (χ0) is 17.8. The predicted octanol–water partition coefficient (Wildman–Crippen LogP) is 0.966. The van der Waals surface area contributed by atoms with Crippen LogP contribution in [0.3, 0.4) is 0 Å². The van der Waals surface area contributed by atoms with Gasteiger partial charge in [-0.2, -0.15) is 12.7 Å². The average molecular weight is 346 g/mol. The Bertz CT molecular complexity index is 703. The first-order chi connectivity index (χ1) is 10.6. The van der Waals surface area contributed by atoms with E-state index in [9.17, 15) is 22.4 Å². The lowest BCUT2D eigenvalue weighted by Gasteiger charge is -2.15. The molecule has 1 aromatic carbocycles. The summed E-state index contributed by atoms with van der Waals surface area (Å²) in [6, 6.07) is 3.51. The highest BCUT2D eigenvalue weighted by Crippen LogP contribution is 2.19. The van der Waals surface area contributed by atoms with Gasteiger partial charge in [-0.15, -0.1) is 0 Å². The van der Waals surface area contributed by atoms with E-state index in [0.717, 1.165) is 16.4 Å². The van der Waals surface area contributed by atoms with Gasteiger partial charge in [0.05, 0.1) is 7.11 Å². The molecule has 0 aliphatic rings. The molecule has 0 spiro atoms. The van der Waals surface area contributed by atoms with Crippen LogP contribution >= 0.6 is 0 Å². The number of nitrogens with one attached hydrogen (secondary N) is 1. The number of rotatable bonds is 7. The van der Waals surface area contributed by atoms with Gasteiger partial charge >= 0.3 is 10.2 Å². The van der Waals surface area contributed by atoms with Crippen molar-refractivity contribution in [2.45, 2.75) is 13.3 Å². The van der Waals surface area contributed by atoms with Crippen LogP contribution in [0.1, 0.15) is 23.7 Å². The predicted molar refractivity (Wildman–Crippen MR) is 81.8 cm³/mol. The molecule has 0 bridgehead atoms. The highest BCUT2D eigenvalue weighted by atomic mass is 32.2. The van der Waals surface area contributed by atoms with E-state index in [-0.39, 0.29) is 17.7 Å². The SMILES string of the molecule is COc1cc(F)cc(C(=O)C[C@H](C)C(=O)NS(=O)(=O)N(C)C)c1. The van der Waals surface area contributed by atoms with Gasteiger partial charge in [-0.3, -0.25) is 9.59 Å². The highest BCUT2D eigenvalue weighted by molar-refractivity contribution is 7.87. The smallest absolute Gasteiger partial charge is 0.303 e. The lowest BCUT2D eigenvalue weighted by Crippen LogP contribution is -2.42. The molecule has 0 heterocycles. The summed E-state index contributed by atoms with van der Waals surface area (Å²) in [7, 11) is -0.0427. The minimum absolute atomic E-state index is 0.0527. The van der Waals surface area contributed by atoms with Crippen LogP contribution in [0, 0.1) is 11.7 Å². The molecule has 1 rings (SSSR count). The molecule has 0 aliphatic carbocycles. The van der Waals surface area contributed by atoms with Gasteiger partial charge in [-0.1, -0.05) is 6.92 Å². The maximum absolute atomic E-state index is 13.4. The summed E-state index contributed by atoms with van der Waals surface area (Å²) in [4.78, 5) is 24.0. The third kappa shape index (κ3) is 5.29. The molecule has 0 saturated carbocycles. The Morgan fingerprint density at radius 1 is 1.30 bits per heavy atom. The van der Waals surface area contributed by atoms with Crippen molar-refractivity contribution in [3.05, 3.63) is 29.6 Å². The molecule has 23 heavy (non-hydrogen) atoms. The van der Waals surface area contributed by atoms with Crippen LogP contribution in [-0.2, 0) is 15.0 Å². The topological polar surface area (TPSA) is 92.8 Å². The number of hydrogen-bond donors (Lipinski definition) is 1. The summed E-state index contributed by atoms with van der Waals surface area (Å²) in [5.74, 6) is -2.66. The third-order valence-electron chi connectivity index (χ3n) is 3.08. The molecule has 0 saturated heterocycles. The minimum atomic E-state index is -3.92. The highest BCUT2D eigenvalue weighted by Gasteiger charge is 2.24. The molecular formula is C14H19FN2O5S. The minimum Gasteiger partial charge on any atom is -0.497 e. The first-order valence-electron chi connectivity index (χ1n) is 6.68. The van der Waals surface area contributed by atoms with Crippen LogP contribution in [0.15, 0.2) is 18.2 Å². The fourth-order valence-corrected chi connectivity index (χ4v) is 2.29. The molecule has 0 radical (unpaired) electrons. The largest absolute Gasteiger partial charge is 0.497 e. The summed E-state index contributed by atoms with van der Waals surface area (Å²) < 4.78 is 44.1. The Kier molecular flexibility index (Phi) is 6.22. The van der Waals surface area contributed by atoms with Gasteiger partial charge in [-0.05, 0) is 12.1 Å². The van der Waals surface area contributed by atoms with Crippen molar-refractivity contribution in [3.8, 4) is 5.75 Å². The van der Waals surface area contributed by atoms with E-state index in [4.69, 9.17) is 4.74 Å². The fraction of sp³-hybridized carbons (Fsp3) is 0.429. The van der Waals surface area contributed by atoms with E-state index in [1.54, 1.807) is 0 Å². The molecule has 7 nitrogen and oxygen atoms in total. The number of carbonyl (C=O) groups excluding carboxylic acids is 2. The molecule has 128 valence electrons. The van der Waals surface area contributed by atoms with Gasteiger partial charge in [0, 0.05) is 38.1 Å². The number of benzene rings is 1. The molecule has 1 atom stereocenters. The number of Topliss-reactive ketones (excluding diaryl/α,β-unsaturated/α-hetero) is 1. The maximum Gasteiger partial charge on any atom is 0.303 e. The van der Waals surface area contributed by atoms with Crippen molar-refractivity contribution in [1.82, 2.24) is 9.03 Å². The number of ketones is 1. The molecule has 9 heteroatoms. The second kappa shape index (κ2) is 7.51. The Morgan fingerprint density at radius 3 is 2.43 bits per heavy atom. The van der Waals surface area contributed by atoms with Crippen molar-refractivity contribution < 1.29 is 27.1 Å². The Labute approximate surface area is 134 Å². The van der Waals surface area contributed by atoms with Gasteiger partial charge in [-0.25, -0.2) is 9.11 Å². The second-order valence-corrected chi connectivity index (χ2v) is 7.05. The monoisotopic (exact) mass is 346 g/mol. The molecule has 0 fully saturated rings. The van der Waals surface area contributed by atoms with Crippen LogP contribution in [-0.4, -0.2) is 45.6 Å². The lowest BCUT2D eigenvalue weighted by molar-refractivity contribution is -0.122. The van der Waals surface area contributed by atoms with Gasteiger partial charge in [0.25, 0.3) is 0 Å². The van der Waals surface area contributed by atoms with Gasteiger partial charge in [0.15, 0.2) is 5.78 Å². The van der Waals surface area contributed by atoms with E-state index in [1.165, 1.54) is 34.2 Å². The number of carbonyl (C=O) groups is 2. The van der Waals surface area contributed by atoms with Crippen molar-refractivity contribution in [2.24, 2.45) is 5.92 Å². The standard InChI is InChI=1S/C14H19FN2O5S/c1-9(14(19)16-23(20,21)17(2)3)5-13(18)10-6-11(15)8-12(7-10)22-4/h6-9H,5H2,1-4H3,(H,16,19)/t9-/m0/s1.